The number of benzene rings is 1. The Morgan fingerprint density at radius 3 is 3.00 bits per heavy atom. The maximum atomic E-state index is 12.2. The highest BCUT2D eigenvalue weighted by atomic mass is 35.5. The molecule has 1 aliphatic carbocycles. The molecule has 1 fully saturated rings. The van der Waals surface area contributed by atoms with Crippen LogP contribution in [0.2, 0.25) is 5.02 Å². The van der Waals surface area contributed by atoms with Crippen molar-refractivity contribution < 1.29 is 4.79 Å². The summed E-state index contributed by atoms with van der Waals surface area (Å²) in [6.45, 7) is 0.487. The lowest BCUT2D eigenvalue weighted by Gasteiger charge is -2.09. The molecule has 0 aliphatic heterocycles. The number of rotatable bonds is 7. The first-order valence-electron chi connectivity index (χ1n) is 8.29. The van der Waals surface area contributed by atoms with Crippen LogP contribution in [0, 0.1) is 0 Å². The number of hydrogen-bond acceptors (Lipinski definition) is 5. The van der Waals surface area contributed by atoms with E-state index in [0.29, 0.717) is 28.5 Å². The van der Waals surface area contributed by atoms with E-state index in [9.17, 15) is 4.79 Å². The Balaban J connectivity index is 1.34. The number of H-pyrrole nitrogens is 1. The normalized spacial score (nSPS) is 13.7. The van der Waals surface area contributed by atoms with Gasteiger partial charge in [0.25, 0.3) is 0 Å². The number of thioether (sulfide) groups is 1. The molecule has 0 unspecified atom stereocenters. The third-order valence-electron chi connectivity index (χ3n) is 4.04. The molecule has 0 radical (unpaired) electrons. The Kier molecular flexibility index (Phi) is 4.94. The van der Waals surface area contributed by atoms with E-state index in [2.05, 4.69) is 25.6 Å². The van der Waals surface area contributed by atoms with Crippen LogP contribution in [0.4, 0.5) is 5.82 Å². The Morgan fingerprint density at radius 2 is 2.19 bits per heavy atom. The van der Waals surface area contributed by atoms with Crippen molar-refractivity contribution in [1.29, 1.82) is 0 Å². The van der Waals surface area contributed by atoms with Crippen LogP contribution in [-0.2, 0) is 11.3 Å². The number of nitrogens with zero attached hydrogens (tertiary/aromatic N) is 4. The fourth-order valence-corrected chi connectivity index (χ4v) is 3.32. The summed E-state index contributed by atoms with van der Waals surface area (Å²) in [6.07, 6.45) is 3.97. The van der Waals surface area contributed by atoms with Gasteiger partial charge in [-0.15, -0.1) is 5.10 Å². The predicted molar refractivity (Wildman–Crippen MR) is 100 cm³/mol. The molecule has 2 heterocycles. The van der Waals surface area contributed by atoms with Crippen molar-refractivity contribution in [3.8, 4) is 0 Å². The maximum Gasteiger partial charge on any atom is 0.235 e. The van der Waals surface area contributed by atoms with Crippen LogP contribution in [0.3, 0.4) is 0 Å². The smallest absolute Gasteiger partial charge is 0.235 e. The van der Waals surface area contributed by atoms with Gasteiger partial charge in [0.05, 0.1) is 18.5 Å². The number of halogens is 1. The Labute approximate surface area is 159 Å². The van der Waals surface area contributed by atoms with Crippen LogP contribution in [-0.4, -0.2) is 36.6 Å². The Morgan fingerprint density at radius 1 is 1.35 bits per heavy atom. The Hall–Kier alpha value is -2.32. The number of anilines is 1. The van der Waals surface area contributed by atoms with Crippen LogP contribution in [0.15, 0.2) is 41.7 Å². The van der Waals surface area contributed by atoms with Gasteiger partial charge in [-0.25, -0.2) is 9.67 Å². The minimum atomic E-state index is -0.131. The lowest BCUT2D eigenvalue weighted by Crippen LogP contribution is -2.18. The number of carbonyl (C=O) groups is 1. The third-order valence-corrected chi connectivity index (χ3v) is 5.26. The third kappa shape index (κ3) is 4.08. The molecule has 9 heteroatoms. The van der Waals surface area contributed by atoms with Crippen LogP contribution < -0.4 is 5.32 Å². The molecule has 0 atom stereocenters. The van der Waals surface area contributed by atoms with Crippen LogP contribution >= 0.6 is 23.4 Å². The van der Waals surface area contributed by atoms with Crippen molar-refractivity contribution in [2.75, 3.05) is 11.1 Å². The average Bonchev–Trinajstić information content (AvgIpc) is 3.22. The molecule has 7 nitrogen and oxygen atoms in total. The zero-order chi connectivity index (χ0) is 17.9. The van der Waals surface area contributed by atoms with E-state index in [1.54, 1.807) is 16.9 Å². The second-order valence-electron chi connectivity index (χ2n) is 6.08. The van der Waals surface area contributed by atoms with Crippen molar-refractivity contribution in [3.05, 3.63) is 52.9 Å². The molecule has 0 saturated heterocycles. The van der Waals surface area contributed by atoms with Gasteiger partial charge in [-0.1, -0.05) is 41.6 Å². The number of hydrogen-bond donors (Lipinski definition) is 2. The van der Waals surface area contributed by atoms with E-state index in [-0.39, 0.29) is 11.7 Å². The number of carbonyl (C=O) groups excluding carboxylic acids is 1. The minimum Gasteiger partial charge on any atom is -0.310 e. The predicted octanol–water partition coefficient (Wildman–Crippen LogP) is 3.31. The van der Waals surface area contributed by atoms with Gasteiger partial charge < -0.3 is 5.32 Å². The first kappa shape index (κ1) is 17.1. The SMILES string of the molecule is O=C(CSc1n[nH]c(C2CC2)n1)Nc1ccnn1Cc1ccccc1Cl. The molecule has 2 N–H and O–H groups in total. The molecule has 0 bridgehead atoms. The van der Waals surface area contributed by atoms with Crippen molar-refractivity contribution in [2.24, 2.45) is 0 Å². The van der Waals surface area contributed by atoms with E-state index < -0.39 is 0 Å². The molecular formula is C17H17ClN6OS. The van der Waals surface area contributed by atoms with E-state index >= 15 is 0 Å². The summed E-state index contributed by atoms with van der Waals surface area (Å²) in [4.78, 5) is 16.7. The van der Waals surface area contributed by atoms with E-state index in [4.69, 9.17) is 11.6 Å². The van der Waals surface area contributed by atoms with Crippen LogP contribution in [0.25, 0.3) is 0 Å². The van der Waals surface area contributed by atoms with Gasteiger partial charge in [-0.2, -0.15) is 5.10 Å². The monoisotopic (exact) mass is 388 g/mol. The zero-order valence-corrected chi connectivity index (χ0v) is 15.4. The molecule has 1 aliphatic rings. The summed E-state index contributed by atoms with van der Waals surface area (Å²) in [5, 5.41) is 15.5. The zero-order valence-electron chi connectivity index (χ0n) is 13.9. The molecule has 0 spiro atoms. The quantitative estimate of drug-likeness (QED) is 0.606. The summed E-state index contributed by atoms with van der Waals surface area (Å²) in [5.74, 6) is 2.17. The fourth-order valence-electron chi connectivity index (χ4n) is 2.52. The molecule has 1 aromatic carbocycles. The topological polar surface area (TPSA) is 88.5 Å². The summed E-state index contributed by atoms with van der Waals surface area (Å²) in [6, 6.07) is 9.34. The summed E-state index contributed by atoms with van der Waals surface area (Å²) < 4.78 is 1.71. The van der Waals surface area contributed by atoms with E-state index in [0.717, 1.165) is 24.2 Å². The van der Waals surface area contributed by atoms with Crippen molar-refractivity contribution in [1.82, 2.24) is 25.0 Å². The summed E-state index contributed by atoms with van der Waals surface area (Å²) in [5.41, 5.74) is 0.941. The van der Waals surface area contributed by atoms with Crippen molar-refractivity contribution >= 4 is 35.1 Å². The largest absolute Gasteiger partial charge is 0.310 e. The van der Waals surface area contributed by atoms with Gasteiger partial charge in [-0.3, -0.25) is 9.89 Å². The summed E-state index contributed by atoms with van der Waals surface area (Å²) in [7, 11) is 0. The Bertz CT molecular complexity index is 919. The highest BCUT2D eigenvalue weighted by molar-refractivity contribution is 7.99. The van der Waals surface area contributed by atoms with E-state index in [1.807, 2.05) is 24.3 Å². The average molecular weight is 389 g/mol. The lowest BCUT2D eigenvalue weighted by molar-refractivity contribution is -0.113. The lowest BCUT2D eigenvalue weighted by atomic mass is 10.2. The molecule has 3 aromatic rings. The first-order chi connectivity index (χ1) is 12.7. The first-order valence-corrected chi connectivity index (χ1v) is 9.65. The highest BCUT2D eigenvalue weighted by Gasteiger charge is 2.27. The van der Waals surface area contributed by atoms with Crippen LogP contribution in [0.5, 0.6) is 0 Å². The molecule has 1 amide bonds. The number of aromatic nitrogens is 5. The standard InChI is InChI=1S/C17H17ClN6OS/c18-13-4-2-1-3-12(13)9-24-14(7-8-19-24)20-15(25)10-26-17-21-16(22-23-17)11-5-6-11/h1-4,7-8,11H,5-6,9-10H2,(H,20,25)(H,21,22,23). The van der Waals surface area contributed by atoms with Gasteiger partial charge in [0.1, 0.15) is 11.6 Å². The fraction of sp³-hybridized carbons (Fsp3) is 0.294. The summed E-state index contributed by atoms with van der Waals surface area (Å²) >= 11 is 7.51. The number of nitrogens with one attached hydrogen (secondary N) is 2. The molecule has 1 saturated carbocycles. The second kappa shape index (κ2) is 7.51. The molecule has 4 rings (SSSR count). The van der Waals surface area contributed by atoms with Gasteiger partial charge in [0.15, 0.2) is 0 Å². The number of aromatic amines is 1. The molecule has 2 aromatic heterocycles. The van der Waals surface area contributed by atoms with Crippen LogP contribution in [0.1, 0.15) is 30.1 Å². The van der Waals surface area contributed by atoms with Crippen molar-refractivity contribution in [3.63, 3.8) is 0 Å². The van der Waals surface area contributed by atoms with Gasteiger partial charge in [0, 0.05) is 17.0 Å². The highest BCUT2D eigenvalue weighted by Crippen LogP contribution is 2.38. The van der Waals surface area contributed by atoms with Gasteiger partial charge >= 0.3 is 0 Å². The molecular weight excluding hydrogens is 372 g/mol. The minimum absolute atomic E-state index is 0.131. The second-order valence-corrected chi connectivity index (χ2v) is 7.43. The van der Waals surface area contributed by atoms with Crippen molar-refractivity contribution in [2.45, 2.75) is 30.5 Å². The maximum absolute atomic E-state index is 12.2. The molecule has 26 heavy (non-hydrogen) atoms. The molecule has 134 valence electrons. The number of amides is 1. The van der Waals surface area contributed by atoms with Gasteiger partial charge in [0.2, 0.25) is 11.1 Å². The van der Waals surface area contributed by atoms with E-state index in [1.165, 1.54) is 11.8 Å². The van der Waals surface area contributed by atoms with Gasteiger partial charge in [-0.05, 0) is 24.5 Å².